The molecule has 0 saturated carbocycles. The molecule has 2 aromatic rings. The molecule has 0 spiro atoms. The van der Waals surface area contributed by atoms with E-state index in [4.69, 9.17) is 5.73 Å². The van der Waals surface area contributed by atoms with Gasteiger partial charge in [0.1, 0.15) is 11.4 Å². The molecule has 8 heteroatoms. The van der Waals surface area contributed by atoms with Crippen molar-refractivity contribution in [1.29, 1.82) is 0 Å². The molecule has 0 atom stereocenters. The van der Waals surface area contributed by atoms with Crippen molar-refractivity contribution in [3.8, 4) is 5.69 Å². The van der Waals surface area contributed by atoms with Gasteiger partial charge in [-0.1, -0.05) is 0 Å². The standard InChI is InChI=1S/C11H10N4O4/c1-19-11(16)9-6-13-14(10(9)12)7-2-4-8(5-3-7)15(17)18/h2-6H,12H2,1H3. The predicted molar refractivity (Wildman–Crippen MR) is 66.0 cm³/mol. The Labute approximate surface area is 107 Å². The number of ether oxygens (including phenoxy) is 1. The van der Waals surface area contributed by atoms with Crippen LogP contribution in [-0.4, -0.2) is 27.8 Å². The fourth-order valence-corrected chi connectivity index (χ4v) is 1.55. The van der Waals surface area contributed by atoms with Crippen LogP contribution in [0.5, 0.6) is 0 Å². The van der Waals surface area contributed by atoms with Gasteiger partial charge in [0.05, 0.1) is 23.9 Å². The van der Waals surface area contributed by atoms with Crippen molar-refractivity contribution in [3.05, 3.63) is 46.1 Å². The summed E-state index contributed by atoms with van der Waals surface area (Å²) in [4.78, 5) is 21.4. The van der Waals surface area contributed by atoms with E-state index in [1.165, 1.54) is 42.3 Å². The molecule has 0 fully saturated rings. The van der Waals surface area contributed by atoms with E-state index >= 15 is 0 Å². The van der Waals surface area contributed by atoms with Crippen LogP contribution in [0.3, 0.4) is 0 Å². The lowest BCUT2D eigenvalue weighted by molar-refractivity contribution is -0.384. The lowest BCUT2D eigenvalue weighted by atomic mass is 10.3. The second kappa shape index (κ2) is 4.77. The number of nitrogens with zero attached hydrogens (tertiary/aromatic N) is 3. The number of methoxy groups -OCH3 is 1. The Balaban J connectivity index is 2.40. The number of esters is 1. The third kappa shape index (κ3) is 2.23. The molecule has 1 aromatic carbocycles. The number of rotatable bonds is 3. The maximum absolute atomic E-state index is 11.4. The summed E-state index contributed by atoms with van der Waals surface area (Å²) in [5.41, 5.74) is 6.39. The number of nitrogens with two attached hydrogens (primary N) is 1. The molecule has 2 N–H and O–H groups in total. The maximum atomic E-state index is 11.4. The van der Waals surface area contributed by atoms with Crippen LogP contribution in [0.4, 0.5) is 11.5 Å². The van der Waals surface area contributed by atoms with Gasteiger partial charge in [0, 0.05) is 12.1 Å². The van der Waals surface area contributed by atoms with E-state index in [0.717, 1.165) is 0 Å². The van der Waals surface area contributed by atoms with E-state index in [-0.39, 0.29) is 17.1 Å². The number of nitrogen functional groups attached to an aromatic ring is 1. The molecule has 8 nitrogen and oxygen atoms in total. The van der Waals surface area contributed by atoms with Gasteiger partial charge in [0.15, 0.2) is 0 Å². The highest BCUT2D eigenvalue weighted by molar-refractivity contribution is 5.94. The van der Waals surface area contributed by atoms with E-state index in [0.29, 0.717) is 5.69 Å². The molecule has 0 unspecified atom stereocenters. The number of benzene rings is 1. The van der Waals surface area contributed by atoms with Crippen molar-refractivity contribution in [2.75, 3.05) is 12.8 Å². The van der Waals surface area contributed by atoms with E-state index < -0.39 is 10.9 Å². The number of anilines is 1. The third-order valence-corrected chi connectivity index (χ3v) is 2.52. The molecule has 19 heavy (non-hydrogen) atoms. The fraction of sp³-hybridized carbons (Fsp3) is 0.0909. The second-order valence-electron chi connectivity index (χ2n) is 3.62. The number of hydrogen-bond acceptors (Lipinski definition) is 6. The van der Waals surface area contributed by atoms with Gasteiger partial charge < -0.3 is 10.5 Å². The Bertz CT molecular complexity index is 633. The smallest absolute Gasteiger partial charge is 0.343 e. The summed E-state index contributed by atoms with van der Waals surface area (Å²) in [6.07, 6.45) is 1.28. The number of carbonyl (C=O) groups is 1. The Morgan fingerprint density at radius 1 is 1.42 bits per heavy atom. The third-order valence-electron chi connectivity index (χ3n) is 2.52. The number of hydrogen-bond donors (Lipinski definition) is 1. The lowest BCUT2D eigenvalue weighted by Crippen LogP contribution is -2.07. The molecule has 98 valence electrons. The highest BCUT2D eigenvalue weighted by Gasteiger charge is 2.16. The predicted octanol–water partition coefficient (Wildman–Crippen LogP) is 1.15. The summed E-state index contributed by atoms with van der Waals surface area (Å²) in [6.45, 7) is 0. The maximum Gasteiger partial charge on any atom is 0.343 e. The normalized spacial score (nSPS) is 10.2. The summed E-state index contributed by atoms with van der Waals surface area (Å²) in [5.74, 6) is -0.480. The van der Waals surface area contributed by atoms with Crippen LogP contribution in [0.2, 0.25) is 0 Å². The van der Waals surface area contributed by atoms with Crippen molar-refractivity contribution >= 4 is 17.5 Å². The zero-order chi connectivity index (χ0) is 14.0. The van der Waals surface area contributed by atoms with Crippen molar-refractivity contribution in [3.63, 3.8) is 0 Å². The van der Waals surface area contributed by atoms with Crippen LogP contribution in [0.15, 0.2) is 30.5 Å². The van der Waals surface area contributed by atoms with Crippen molar-refractivity contribution < 1.29 is 14.5 Å². The summed E-state index contributed by atoms with van der Waals surface area (Å²) in [6, 6.07) is 5.63. The molecule has 0 bridgehead atoms. The van der Waals surface area contributed by atoms with Gasteiger partial charge in [0.25, 0.3) is 5.69 Å². The molecular weight excluding hydrogens is 252 g/mol. The first-order valence-electron chi connectivity index (χ1n) is 5.21. The SMILES string of the molecule is COC(=O)c1cnn(-c2ccc([N+](=O)[O-])cc2)c1N. The molecule has 0 saturated heterocycles. The first kappa shape index (κ1) is 12.6. The lowest BCUT2D eigenvalue weighted by Gasteiger charge is -2.04. The molecule has 0 aliphatic heterocycles. The summed E-state index contributed by atoms with van der Waals surface area (Å²) in [5, 5.41) is 14.5. The minimum atomic E-state index is -0.592. The minimum Gasteiger partial charge on any atom is -0.465 e. The van der Waals surface area contributed by atoms with Crippen LogP contribution in [0, 0.1) is 10.1 Å². The number of nitro benzene ring substituents is 1. The van der Waals surface area contributed by atoms with E-state index in [2.05, 4.69) is 9.84 Å². The Morgan fingerprint density at radius 2 is 2.05 bits per heavy atom. The number of carbonyl (C=O) groups excluding carboxylic acids is 1. The van der Waals surface area contributed by atoms with Gasteiger partial charge in [-0.3, -0.25) is 10.1 Å². The van der Waals surface area contributed by atoms with Crippen molar-refractivity contribution in [2.45, 2.75) is 0 Å². The van der Waals surface area contributed by atoms with Gasteiger partial charge in [-0.05, 0) is 12.1 Å². The highest BCUT2D eigenvalue weighted by Crippen LogP contribution is 2.20. The van der Waals surface area contributed by atoms with E-state index in [1.807, 2.05) is 0 Å². The van der Waals surface area contributed by atoms with E-state index in [1.54, 1.807) is 0 Å². The number of non-ortho nitro benzene ring substituents is 1. The average Bonchev–Trinajstić information content (AvgIpc) is 2.80. The first-order valence-corrected chi connectivity index (χ1v) is 5.21. The Morgan fingerprint density at radius 3 is 2.58 bits per heavy atom. The summed E-state index contributed by atoms with van der Waals surface area (Å²) >= 11 is 0. The summed E-state index contributed by atoms with van der Waals surface area (Å²) in [7, 11) is 1.24. The first-order chi connectivity index (χ1) is 9.04. The van der Waals surface area contributed by atoms with Gasteiger partial charge in [-0.15, -0.1) is 0 Å². The van der Waals surface area contributed by atoms with E-state index in [9.17, 15) is 14.9 Å². The van der Waals surface area contributed by atoms with Gasteiger partial charge in [-0.25, -0.2) is 9.48 Å². The van der Waals surface area contributed by atoms with Crippen LogP contribution in [0.1, 0.15) is 10.4 Å². The summed E-state index contributed by atoms with van der Waals surface area (Å²) < 4.78 is 5.86. The van der Waals surface area contributed by atoms with Gasteiger partial charge in [0.2, 0.25) is 0 Å². The highest BCUT2D eigenvalue weighted by atomic mass is 16.6. The van der Waals surface area contributed by atoms with Crippen LogP contribution < -0.4 is 5.73 Å². The molecule has 0 aliphatic rings. The largest absolute Gasteiger partial charge is 0.465 e. The molecule has 1 heterocycles. The Hall–Kier alpha value is -2.90. The number of aromatic nitrogens is 2. The minimum absolute atomic E-state index is 0.0392. The molecule has 0 amide bonds. The van der Waals surface area contributed by atoms with Gasteiger partial charge >= 0.3 is 5.97 Å². The zero-order valence-electron chi connectivity index (χ0n) is 9.94. The van der Waals surface area contributed by atoms with Crippen LogP contribution in [-0.2, 0) is 4.74 Å². The zero-order valence-corrected chi connectivity index (χ0v) is 9.94. The van der Waals surface area contributed by atoms with Gasteiger partial charge in [-0.2, -0.15) is 5.10 Å². The quantitative estimate of drug-likeness (QED) is 0.504. The topological polar surface area (TPSA) is 113 Å². The molecule has 1 aromatic heterocycles. The Kier molecular flexibility index (Phi) is 3.15. The molecular formula is C11H10N4O4. The second-order valence-corrected chi connectivity index (χ2v) is 3.62. The molecule has 2 rings (SSSR count). The number of nitro groups is 1. The fourth-order valence-electron chi connectivity index (χ4n) is 1.55. The monoisotopic (exact) mass is 262 g/mol. The van der Waals surface area contributed by atoms with Crippen LogP contribution >= 0.6 is 0 Å². The van der Waals surface area contributed by atoms with Crippen LogP contribution in [0.25, 0.3) is 5.69 Å². The molecule has 0 aliphatic carbocycles. The average molecular weight is 262 g/mol. The van der Waals surface area contributed by atoms with Crippen molar-refractivity contribution in [2.24, 2.45) is 0 Å². The van der Waals surface area contributed by atoms with Crippen molar-refractivity contribution in [1.82, 2.24) is 9.78 Å². The molecule has 0 radical (unpaired) electrons.